The van der Waals surface area contributed by atoms with Crippen molar-refractivity contribution in [2.45, 2.75) is 19.9 Å². The van der Waals surface area contributed by atoms with Crippen LogP contribution in [0.4, 0.5) is 5.69 Å². The van der Waals surface area contributed by atoms with Gasteiger partial charge in [-0.2, -0.15) is 0 Å². The fourth-order valence-electron chi connectivity index (χ4n) is 4.36. The maximum Gasteiger partial charge on any atom is 0.339 e. The summed E-state index contributed by atoms with van der Waals surface area (Å²) in [5.41, 5.74) is 4.16. The van der Waals surface area contributed by atoms with Crippen LogP contribution in [0.2, 0.25) is 0 Å². The summed E-state index contributed by atoms with van der Waals surface area (Å²) < 4.78 is 15.7. The van der Waals surface area contributed by atoms with E-state index in [0.717, 1.165) is 10.9 Å². The summed E-state index contributed by atoms with van der Waals surface area (Å²) in [4.78, 5) is 30.3. The second kappa shape index (κ2) is 12.4. The van der Waals surface area contributed by atoms with E-state index in [9.17, 15) is 9.59 Å². The van der Waals surface area contributed by atoms with Gasteiger partial charge in [-0.15, -0.1) is 0 Å². The molecule has 0 bridgehead atoms. The Morgan fingerprint density at radius 2 is 1.72 bits per heavy atom. The van der Waals surface area contributed by atoms with Crippen molar-refractivity contribution >= 4 is 39.9 Å². The van der Waals surface area contributed by atoms with Gasteiger partial charge < -0.3 is 29.4 Å². The van der Waals surface area contributed by atoms with Crippen LogP contribution in [0.5, 0.6) is 11.5 Å². The number of methoxy groups -OCH3 is 3. The molecule has 0 aliphatic heterocycles. The Morgan fingerprint density at radius 1 is 0.974 bits per heavy atom. The molecule has 0 aliphatic carbocycles. The number of aromatic nitrogens is 1. The molecule has 2 N–H and O–H groups in total. The number of para-hydroxylation sites is 1. The topological polar surface area (TPSA) is 92.9 Å². The predicted octanol–water partition coefficient (Wildman–Crippen LogP) is 5.08. The zero-order chi connectivity index (χ0) is 27.9. The van der Waals surface area contributed by atoms with Crippen LogP contribution in [0, 0.1) is 6.92 Å². The molecule has 8 nitrogen and oxygen atoms in total. The third-order valence-electron chi connectivity index (χ3n) is 6.40. The minimum Gasteiger partial charge on any atom is -0.493 e. The van der Waals surface area contributed by atoms with Crippen molar-refractivity contribution in [2.75, 3.05) is 33.2 Å². The van der Waals surface area contributed by atoms with E-state index in [2.05, 4.69) is 35.4 Å². The number of benzene rings is 3. The molecule has 202 valence electrons. The average Bonchev–Trinajstić information content (AvgIpc) is 2.94. The molecule has 0 radical (unpaired) electrons. The van der Waals surface area contributed by atoms with E-state index >= 15 is 0 Å². The highest BCUT2D eigenvalue weighted by molar-refractivity contribution is 7.80. The van der Waals surface area contributed by atoms with E-state index in [1.807, 2.05) is 29.2 Å². The number of hydrogen-bond donors (Lipinski definition) is 2. The van der Waals surface area contributed by atoms with E-state index in [0.29, 0.717) is 51.9 Å². The summed E-state index contributed by atoms with van der Waals surface area (Å²) in [6.07, 6.45) is 0.707. The molecule has 0 amide bonds. The molecule has 1 aromatic heterocycles. The van der Waals surface area contributed by atoms with Crippen molar-refractivity contribution in [2.24, 2.45) is 0 Å². The minimum absolute atomic E-state index is 0.229. The van der Waals surface area contributed by atoms with Gasteiger partial charge in [0.2, 0.25) is 0 Å². The number of rotatable bonds is 9. The second-order valence-corrected chi connectivity index (χ2v) is 9.43. The fourth-order valence-corrected chi connectivity index (χ4v) is 4.63. The van der Waals surface area contributed by atoms with Crippen LogP contribution in [0.15, 0.2) is 71.5 Å². The first kappa shape index (κ1) is 27.7. The molecule has 0 spiro atoms. The van der Waals surface area contributed by atoms with Crippen LogP contribution in [0.25, 0.3) is 10.9 Å². The van der Waals surface area contributed by atoms with Crippen molar-refractivity contribution in [3.05, 3.63) is 99.3 Å². The van der Waals surface area contributed by atoms with Crippen molar-refractivity contribution in [3.8, 4) is 11.5 Å². The predicted molar refractivity (Wildman–Crippen MR) is 157 cm³/mol. The van der Waals surface area contributed by atoms with Crippen molar-refractivity contribution in [3.63, 3.8) is 0 Å². The summed E-state index contributed by atoms with van der Waals surface area (Å²) in [6.45, 7) is 2.84. The van der Waals surface area contributed by atoms with Crippen LogP contribution in [-0.2, 0) is 17.7 Å². The molecular formula is C30H31N3O5S. The van der Waals surface area contributed by atoms with Gasteiger partial charge in [-0.1, -0.05) is 42.0 Å². The first-order valence-electron chi connectivity index (χ1n) is 12.4. The van der Waals surface area contributed by atoms with Crippen LogP contribution < -0.4 is 20.3 Å². The molecule has 4 rings (SSSR count). The number of thiocarbonyl (C=S) groups is 1. The number of H-pyrrole nitrogens is 1. The zero-order valence-electron chi connectivity index (χ0n) is 22.4. The van der Waals surface area contributed by atoms with Crippen LogP contribution >= 0.6 is 12.2 Å². The van der Waals surface area contributed by atoms with E-state index in [-0.39, 0.29) is 12.1 Å². The Labute approximate surface area is 232 Å². The lowest BCUT2D eigenvalue weighted by molar-refractivity contribution is 0.0602. The summed E-state index contributed by atoms with van der Waals surface area (Å²) in [7, 11) is 4.45. The number of hydrogen-bond acceptors (Lipinski definition) is 6. The first-order chi connectivity index (χ1) is 18.8. The minimum atomic E-state index is -0.470. The van der Waals surface area contributed by atoms with Crippen LogP contribution in [0.1, 0.15) is 27.0 Å². The van der Waals surface area contributed by atoms with Crippen molar-refractivity contribution in [1.29, 1.82) is 0 Å². The van der Waals surface area contributed by atoms with Gasteiger partial charge in [0.1, 0.15) is 0 Å². The molecule has 0 unspecified atom stereocenters. The first-order valence-corrected chi connectivity index (χ1v) is 12.8. The number of aryl methyl sites for hydroxylation is 1. The maximum absolute atomic E-state index is 13.1. The molecule has 0 saturated carbocycles. The van der Waals surface area contributed by atoms with Gasteiger partial charge in [-0.05, 0) is 55.4 Å². The normalized spacial score (nSPS) is 10.7. The standard InChI is InChI=1S/C30H31N3O5S/c1-19-8-7-9-20(14-19)12-13-33(30(39)32-24-11-6-5-10-23(24)29(35)38-4)18-22-15-21-16-26(36-2)27(37-3)17-25(21)31-28(22)34/h5-11,14-17H,12-13,18H2,1-4H3,(H,31,34)(H,32,39). The molecule has 9 heteroatoms. The van der Waals surface area contributed by atoms with Gasteiger partial charge in [0.05, 0.1) is 44.6 Å². The van der Waals surface area contributed by atoms with E-state index in [4.69, 9.17) is 26.4 Å². The number of aromatic amines is 1. The Bertz CT molecular complexity index is 1570. The third kappa shape index (κ3) is 6.56. The average molecular weight is 546 g/mol. The number of nitrogens with zero attached hydrogens (tertiary/aromatic N) is 1. The number of ether oxygens (including phenoxy) is 3. The van der Waals surface area contributed by atoms with Crippen molar-refractivity contribution in [1.82, 2.24) is 9.88 Å². The van der Waals surface area contributed by atoms with Gasteiger partial charge in [0.15, 0.2) is 16.6 Å². The molecule has 39 heavy (non-hydrogen) atoms. The third-order valence-corrected chi connectivity index (χ3v) is 6.76. The molecule has 0 fully saturated rings. The summed E-state index contributed by atoms with van der Waals surface area (Å²) in [5, 5.41) is 4.37. The summed E-state index contributed by atoms with van der Waals surface area (Å²) >= 11 is 5.81. The largest absolute Gasteiger partial charge is 0.493 e. The Morgan fingerprint density at radius 3 is 2.44 bits per heavy atom. The number of nitrogens with one attached hydrogen (secondary N) is 2. The molecular weight excluding hydrogens is 514 g/mol. The van der Waals surface area contributed by atoms with Crippen LogP contribution in [0.3, 0.4) is 0 Å². The lowest BCUT2D eigenvalue weighted by atomic mass is 10.1. The highest BCUT2D eigenvalue weighted by Crippen LogP contribution is 2.31. The lowest BCUT2D eigenvalue weighted by Gasteiger charge is -2.26. The highest BCUT2D eigenvalue weighted by Gasteiger charge is 2.18. The number of pyridine rings is 1. The van der Waals surface area contributed by atoms with Crippen LogP contribution in [-0.4, -0.2) is 48.8 Å². The summed E-state index contributed by atoms with van der Waals surface area (Å²) in [6, 6.07) is 20.7. The number of anilines is 1. The highest BCUT2D eigenvalue weighted by atomic mass is 32.1. The number of carbonyl (C=O) groups excluding carboxylic acids is 1. The number of esters is 1. The molecule has 3 aromatic carbocycles. The zero-order valence-corrected chi connectivity index (χ0v) is 23.2. The molecule has 1 heterocycles. The van der Waals surface area contributed by atoms with E-state index in [1.165, 1.54) is 12.7 Å². The van der Waals surface area contributed by atoms with Gasteiger partial charge in [-0.3, -0.25) is 4.79 Å². The lowest BCUT2D eigenvalue weighted by Crippen LogP contribution is -2.37. The number of fused-ring (bicyclic) bond motifs is 1. The Balaban J connectivity index is 1.67. The molecule has 0 atom stereocenters. The molecule has 4 aromatic rings. The van der Waals surface area contributed by atoms with Gasteiger partial charge in [0.25, 0.3) is 5.56 Å². The van der Waals surface area contributed by atoms with Gasteiger partial charge in [-0.25, -0.2) is 4.79 Å². The Kier molecular flexibility index (Phi) is 8.83. The van der Waals surface area contributed by atoms with Gasteiger partial charge in [0, 0.05) is 23.6 Å². The fraction of sp³-hybridized carbons (Fsp3) is 0.233. The second-order valence-electron chi connectivity index (χ2n) is 9.05. The van der Waals surface area contributed by atoms with E-state index < -0.39 is 5.97 Å². The molecule has 0 saturated heterocycles. The van der Waals surface area contributed by atoms with Gasteiger partial charge >= 0.3 is 5.97 Å². The summed E-state index contributed by atoms with van der Waals surface area (Å²) in [5.74, 6) is 0.626. The van der Waals surface area contributed by atoms with Crippen molar-refractivity contribution < 1.29 is 19.0 Å². The Hall–Kier alpha value is -4.37. The monoisotopic (exact) mass is 545 g/mol. The molecule has 0 aliphatic rings. The maximum atomic E-state index is 13.1. The SMILES string of the molecule is COC(=O)c1ccccc1NC(=S)N(CCc1cccc(C)c1)Cc1cc2cc(OC)c(OC)cc2[nH]c1=O. The quantitative estimate of drug-likeness (QED) is 0.222. The van der Waals surface area contributed by atoms with E-state index in [1.54, 1.807) is 38.5 Å². The smallest absolute Gasteiger partial charge is 0.339 e. The number of carbonyl (C=O) groups is 1.